The fraction of sp³-hybridized carbons (Fsp3) is 0.450. The van der Waals surface area contributed by atoms with Gasteiger partial charge in [0.2, 0.25) is 0 Å². The molecule has 2 amide bonds. The van der Waals surface area contributed by atoms with Crippen molar-refractivity contribution in [1.82, 2.24) is 20.2 Å². The highest BCUT2D eigenvalue weighted by molar-refractivity contribution is 5.97. The van der Waals surface area contributed by atoms with E-state index in [1.807, 2.05) is 29.7 Å². The summed E-state index contributed by atoms with van der Waals surface area (Å²) in [6.45, 7) is 3.24. The molecule has 0 unspecified atom stereocenters. The Kier molecular flexibility index (Phi) is 4.49. The quantitative estimate of drug-likeness (QED) is 0.867. The molecule has 1 saturated carbocycles. The van der Waals surface area contributed by atoms with E-state index in [9.17, 15) is 9.59 Å². The first kappa shape index (κ1) is 16.8. The van der Waals surface area contributed by atoms with Crippen molar-refractivity contribution >= 4 is 11.8 Å². The maximum Gasteiger partial charge on any atom is 0.287 e. The minimum atomic E-state index is -0.206. The third-order valence-electron chi connectivity index (χ3n) is 4.98. The van der Waals surface area contributed by atoms with Crippen LogP contribution in [0.4, 0.5) is 0 Å². The molecule has 6 nitrogen and oxygen atoms in total. The molecule has 136 valence electrons. The Morgan fingerprint density at radius 1 is 1.23 bits per heavy atom. The van der Waals surface area contributed by atoms with Crippen LogP contribution in [-0.2, 0) is 19.5 Å². The van der Waals surface area contributed by atoms with Crippen molar-refractivity contribution in [3.8, 4) is 0 Å². The van der Waals surface area contributed by atoms with Gasteiger partial charge in [-0.3, -0.25) is 9.59 Å². The maximum atomic E-state index is 12.7. The normalized spacial score (nSPS) is 16.0. The zero-order valence-corrected chi connectivity index (χ0v) is 15.0. The van der Waals surface area contributed by atoms with E-state index >= 15 is 0 Å². The molecule has 2 aromatic rings. The fourth-order valence-corrected chi connectivity index (χ4v) is 3.46. The number of aryl methyl sites for hydroxylation is 1. The average Bonchev–Trinajstić information content (AvgIpc) is 3.36. The number of rotatable bonds is 5. The Labute approximate surface area is 153 Å². The lowest BCUT2D eigenvalue weighted by Gasteiger charge is -2.17. The molecule has 1 aliphatic heterocycles. The first-order chi connectivity index (χ1) is 12.6. The van der Waals surface area contributed by atoms with E-state index in [0.717, 1.165) is 55.5 Å². The van der Waals surface area contributed by atoms with Gasteiger partial charge in [0.15, 0.2) is 5.82 Å². The first-order valence-electron chi connectivity index (χ1n) is 9.36. The molecule has 26 heavy (non-hydrogen) atoms. The van der Waals surface area contributed by atoms with Crippen LogP contribution in [0.15, 0.2) is 24.3 Å². The van der Waals surface area contributed by atoms with Crippen molar-refractivity contribution in [3.63, 3.8) is 0 Å². The van der Waals surface area contributed by atoms with E-state index in [1.54, 1.807) is 0 Å². The third-order valence-corrected chi connectivity index (χ3v) is 4.98. The van der Waals surface area contributed by atoms with Gasteiger partial charge in [-0.1, -0.05) is 29.8 Å². The number of hydrogen-bond acceptors (Lipinski definition) is 3. The van der Waals surface area contributed by atoms with Gasteiger partial charge in [0.05, 0.1) is 5.69 Å². The highest BCUT2D eigenvalue weighted by atomic mass is 16.2. The molecule has 0 radical (unpaired) electrons. The Bertz CT molecular complexity index is 851. The zero-order valence-electron chi connectivity index (χ0n) is 15.0. The van der Waals surface area contributed by atoms with Gasteiger partial charge in [-0.2, -0.15) is 0 Å². The second-order valence-electron chi connectivity index (χ2n) is 7.26. The minimum Gasteiger partial charge on any atom is -0.347 e. The van der Waals surface area contributed by atoms with Gasteiger partial charge in [-0.05, 0) is 44.6 Å². The molecule has 6 heteroatoms. The predicted molar refractivity (Wildman–Crippen MR) is 98.0 cm³/mol. The molecule has 1 fully saturated rings. The molecule has 2 heterocycles. The summed E-state index contributed by atoms with van der Waals surface area (Å²) in [6, 6.07) is 8.33. The van der Waals surface area contributed by atoms with E-state index < -0.39 is 0 Å². The predicted octanol–water partition coefficient (Wildman–Crippen LogP) is 2.35. The molecule has 4 rings (SSSR count). The fourth-order valence-electron chi connectivity index (χ4n) is 3.46. The number of hydrogen-bond donors (Lipinski definition) is 2. The summed E-state index contributed by atoms with van der Waals surface area (Å²) >= 11 is 0. The van der Waals surface area contributed by atoms with Crippen molar-refractivity contribution in [3.05, 3.63) is 52.6 Å². The number of carbonyl (C=O) groups is 2. The summed E-state index contributed by atoms with van der Waals surface area (Å²) in [5.41, 5.74) is 3.51. The van der Waals surface area contributed by atoms with Crippen LogP contribution in [0.3, 0.4) is 0 Å². The van der Waals surface area contributed by atoms with E-state index in [2.05, 4.69) is 21.7 Å². The molecule has 0 atom stereocenters. The minimum absolute atomic E-state index is 0.159. The molecule has 0 saturated heterocycles. The highest BCUT2D eigenvalue weighted by Gasteiger charge is 2.30. The van der Waals surface area contributed by atoms with Crippen molar-refractivity contribution in [2.75, 3.05) is 0 Å². The molecule has 0 bridgehead atoms. The average molecular weight is 352 g/mol. The van der Waals surface area contributed by atoms with Gasteiger partial charge in [-0.25, -0.2) is 4.98 Å². The molecule has 2 aliphatic rings. The number of carbonyl (C=O) groups excluding carboxylic acids is 2. The van der Waals surface area contributed by atoms with Gasteiger partial charge in [0.1, 0.15) is 5.69 Å². The molecule has 1 aliphatic carbocycles. The van der Waals surface area contributed by atoms with Crippen LogP contribution in [0.5, 0.6) is 0 Å². The smallest absolute Gasteiger partial charge is 0.287 e. The molecular formula is C20H24N4O2. The second kappa shape index (κ2) is 6.94. The first-order valence-corrected chi connectivity index (χ1v) is 9.36. The van der Waals surface area contributed by atoms with Gasteiger partial charge in [0.25, 0.3) is 11.8 Å². The third kappa shape index (κ3) is 3.49. The molecular weight excluding hydrogens is 328 g/mol. The molecule has 1 aromatic carbocycles. The van der Waals surface area contributed by atoms with Crippen molar-refractivity contribution < 1.29 is 9.59 Å². The van der Waals surface area contributed by atoms with Gasteiger partial charge < -0.3 is 15.2 Å². The SMILES string of the molecule is Cc1cccc(CNC(=O)c2nc(C(=O)NC3CC3)n3c2CCCC3)c1. The highest BCUT2D eigenvalue weighted by Crippen LogP contribution is 2.23. The lowest BCUT2D eigenvalue weighted by atomic mass is 10.1. The molecule has 1 aromatic heterocycles. The summed E-state index contributed by atoms with van der Waals surface area (Å²) in [4.78, 5) is 29.7. The monoisotopic (exact) mass is 352 g/mol. The lowest BCUT2D eigenvalue weighted by Crippen LogP contribution is -2.29. The Morgan fingerprint density at radius 3 is 2.85 bits per heavy atom. The van der Waals surface area contributed by atoms with E-state index in [-0.39, 0.29) is 17.9 Å². The van der Waals surface area contributed by atoms with Crippen LogP contribution in [0, 0.1) is 6.92 Å². The Balaban J connectivity index is 1.53. The summed E-state index contributed by atoms with van der Waals surface area (Å²) < 4.78 is 1.93. The number of amides is 2. The van der Waals surface area contributed by atoms with E-state index in [4.69, 9.17) is 0 Å². The van der Waals surface area contributed by atoms with Crippen molar-refractivity contribution in [2.24, 2.45) is 0 Å². The Morgan fingerprint density at radius 2 is 2.08 bits per heavy atom. The summed E-state index contributed by atoms with van der Waals surface area (Å²) in [5, 5.41) is 5.93. The molecule has 0 spiro atoms. The van der Waals surface area contributed by atoms with Crippen LogP contribution >= 0.6 is 0 Å². The van der Waals surface area contributed by atoms with Crippen LogP contribution < -0.4 is 10.6 Å². The van der Waals surface area contributed by atoms with Gasteiger partial charge >= 0.3 is 0 Å². The summed E-state index contributed by atoms with van der Waals surface area (Å²) in [6.07, 6.45) is 4.88. The number of fused-ring (bicyclic) bond motifs is 1. The summed E-state index contributed by atoms with van der Waals surface area (Å²) in [7, 11) is 0. The Hall–Kier alpha value is -2.63. The zero-order chi connectivity index (χ0) is 18.1. The number of nitrogens with zero attached hydrogens (tertiary/aromatic N) is 2. The van der Waals surface area contributed by atoms with Gasteiger partial charge in [-0.15, -0.1) is 0 Å². The maximum absolute atomic E-state index is 12.7. The molecule has 2 N–H and O–H groups in total. The number of nitrogens with one attached hydrogen (secondary N) is 2. The second-order valence-corrected chi connectivity index (χ2v) is 7.26. The van der Waals surface area contributed by atoms with E-state index in [1.165, 1.54) is 0 Å². The lowest BCUT2D eigenvalue weighted by molar-refractivity contribution is 0.0935. The van der Waals surface area contributed by atoms with Crippen molar-refractivity contribution in [1.29, 1.82) is 0 Å². The number of imidazole rings is 1. The van der Waals surface area contributed by atoms with Crippen LogP contribution in [0.25, 0.3) is 0 Å². The topological polar surface area (TPSA) is 76.0 Å². The van der Waals surface area contributed by atoms with E-state index in [0.29, 0.717) is 18.1 Å². The van der Waals surface area contributed by atoms with Crippen molar-refractivity contribution in [2.45, 2.75) is 58.2 Å². The number of benzene rings is 1. The van der Waals surface area contributed by atoms with Crippen LogP contribution in [0.1, 0.15) is 63.6 Å². The van der Waals surface area contributed by atoms with Gasteiger partial charge in [0, 0.05) is 19.1 Å². The summed E-state index contributed by atoms with van der Waals surface area (Å²) in [5.74, 6) is 0.0170. The largest absolute Gasteiger partial charge is 0.347 e. The van der Waals surface area contributed by atoms with Crippen LogP contribution in [0.2, 0.25) is 0 Å². The standard InChI is InChI=1S/C20H24N4O2/c1-13-5-4-6-14(11-13)12-21-19(25)17-16-7-2-3-10-24(16)18(23-17)20(26)22-15-8-9-15/h4-6,11,15H,2-3,7-10,12H2,1H3,(H,21,25)(H,22,26). The van der Waals surface area contributed by atoms with Crippen LogP contribution in [-0.4, -0.2) is 27.4 Å². The number of aromatic nitrogens is 2.